The summed E-state index contributed by atoms with van der Waals surface area (Å²) in [6.45, 7) is 4.67. The number of nitrogens with two attached hydrogens (primary N) is 1. The Morgan fingerprint density at radius 2 is 2.12 bits per heavy atom. The van der Waals surface area contributed by atoms with Gasteiger partial charge in [0.05, 0.1) is 11.9 Å². The molecule has 1 rings (SSSR count). The molecular formula is C11H18ClN3O. The van der Waals surface area contributed by atoms with Crippen LogP contribution in [0.1, 0.15) is 13.8 Å². The van der Waals surface area contributed by atoms with E-state index in [0.29, 0.717) is 23.2 Å². The quantitative estimate of drug-likeness (QED) is 0.879. The van der Waals surface area contributed by atoms with Crippen molar-refractivity contribution in [3.05, 3.63) is 17.3 Å². The summed E-state index contributed by atoms with van der Waals surface area (Å²) >= 11 is 5.96. The Balaban J connectivity index is 2.68. The maximum absolute atomic E-state index is 5.96. The van der Waals surface area contributed by atoms with Crippen molar-refractivity contribution in [2.45, 2.75) is 19.4 Å². The molecule has 0 aliphatic rings. The molecule has 0 atom stereocenters. The highest BCUT2D eigenvalue weighted by molar-refractivity contribution is 6.32. The van der Waals surface area contributed by atoms with Crippen molar-refractivity contribution < 1.29 is 4.74 Å². The Morgan fingerprint density at radius 1 is 1.50 bits per heavy atom. The van der Waals surface area contributed by atoms with Crippen LogP contribution < -0.4 is 10.5 Å². The lowest BCUT2D eigenvalue weighted by Gasteiger charge is -2.31. The predicted octanol–water partition coefficient (Wildman–Crippen LogP) is 2.04. The van der Waals surface area contributed by atoms with E-state index >= 15 is 0 Å². The highest BCUT2D eigenvalue weighted by atomic mass is 35.5. The molecule has 4 nitrogen and oxygen atoms in total. The van der Waals surface area contributed by atoms with E-state index in [2.05, 4.69) is 23.7 Å². The first-order valence-electron chi connectivity index (χ1n) is 5.04. The standard InChI is InChI=1S/C11H18ClN3O/c1-11(2,15(3)4)7-16-10-9(12)5-8(13)6-14-10/h5-6H,7,13H2,1-4H3. The van der Waals surface area contributed by atoms with Crippen LogP contribution in [0.5, 0.6) is 5.88 Å². The van der Waals surface area contributed by atoms with Gasteiger partial charge in [0, 0.05) is 5.54 Å². The highest BCUT2D eigenvalue weighted by Gasteiger charge is 2.22. The van der Waals surface area contributed by atoms with Crippen LogP contribution in [0.2, 0.25) is 5.02 Å². The van der Waals surface area contributed by atoms with Crippen molar-refractivity contribution in [1.29, 1.82) is 0 Å². The lowest BCUT2D eigenvalue weighted by Crippen LogP contribution is -2.43. The van der Waals surface area contributed by atoms with Gasteiger partial charge in [0.2, 0.25) is 5.88 Å². The Hall–Kier alpha value is -1.00. The number of nitrogen functional groups attached to an aromatic ring is 1. The van der Waals surface area contributed by atoms with E-state index in [0.717, 1.165) is 0 Å². The molecule has 90 valence electrons. The summed E-state index contributed by atoms with van der Waals surface area (Å²) in [4.78, 5) is 6.12. The summed E-state index contributed by atoms with van der Waals surface area (Å²) in [6, 6.07) is 1.63. The summed E-state index contributed by atoms with van der Waals surface area (Å²) in [5.41, 5.74) is 6.00. The van der Waals surface area contributed by atoms with Gasteiger partial charge >= 0.3 is 0 Å². The molecule has 1 aromatic rings. The van der Waals surface area contributed by atoms with Crippen LogP contribution in [-0.2, 0) is 0 Å². The topological polar surface area (TPSA) is 51.4 Å². The van der Waals surface area contributed by atoms with Crippen molar-refractivity contribution in [3.8, 4) is 5.88 Å². The van der Waals surface area contributed by atoms with Crippen LogP contribution in [-0.4, -0.2) is 36.1 Å². The third kappa shape index (κ3) is 3.25. The summed E-state index contributed by atoms with van der Waals surface area (Å²) < 4.78 is 5.58. The van der Waals surface area contributed by atoms with Crippen LogP contribution in [0.3, 0.4) is 0 Å². The Labute approximate surface area is 101 Å². The molecule has 0 aliphatic carbocycles. The van der Waals surface area contributed by atoms with Gasteiger partial charge in [-0.25, -0.2) is 4.98 Å². The monoisotopic (exact) mass is 243 g/mol. The lowest BCUT2D eigenvalue weighted by molar-refractivity contribution is 0.111. The largest absolute Gasteiger partial charge is 0.475 e. The first-order valence-corrected chi connectivity index (χ1v) is 5.42. The number of hydrogen-bond donors (Lipinski definition) is 1. The Kier molecular flexibility index (Phi) is 3.99. The third-order valence-electron chi connectivity index (χ3n) is 2.60. The Bertz CT molecular complexity index is 366. The SMILES string of the molecule is CN(C)C(C)(C)COc1ncc(N)cc1Cl. The molecule has 0 saturated carbocycles. The molecule has 2 N–H and O–H groups in total. The molecule has 1 heterocycles. The van der Waals surface area contributed by atoms with Gasteiger partial charge in [-0.05, 0) is 34.0 Å². The summed E-state index contributed by atoms with van der Waals surface area (Å²) in [6.07, 6.45) is 1.53. The van der Waals surface area contributed by atoms with Crippen molar-refractivity contribution in [2.75, 3.05) is 26.4 Å². The molecule has 0 aliphatic heterocycles. The zero-order valence-electron chi connectivity index (χ0n) is 10.1. The van der Waals surface area contributed by atoms with Crippen LogP contribution in [0.15, 0.2) is 12.3 Å². The molecule has 16 heavy (non-hydrogen) atoms. The molecule has 0 saturated heterocycles. The van der Waals surface area contributed by atoms with E-state index < -0.39 is 0 Å². The van der Waals surface area contributed by atoms with Crippen molar-refractivity contribution in [1.82, 2.24) is 9.88 Å². The minimum atomic E-state index is -0.0770. The van der Waals surface area contributed by atoms with E-state index in [1.54, 1.807) is 6.07 Å². The van der Waals surface area contributed by atoms with E-state index in [9.17, 15) is 0 Å². The zero-order chi connectivity index (χ0) is 12.3. The molecule has 0 bridgehead atoms. The van der Waals surface area contributed by atoms with Crippen LogP contribution in [0.25, 0.3) is 0 Å². The second-order valence-corrected chi connectivity index (χ2v) is 4.96. The van der Waals surface area contributed by atoms with E-state index in [-0.39, 0.29) is 5.54 Å². The fourth-order valence-corrected chi connectivity index (χ4v) is 1.15. The van der Waals surface area contributed by atoms with Gasteiger partial charge in [0.15, 0.2) is 0 Å². The number of ether oxygens (including phenoxy) is 1. The zero-order valence-corrected chi connectivity index (χ0v) is 10.9. The summed E-state index contributed by atoms with van der Waals surface area (Å²) in [5.74, 6) is 0.422. The van der Waals surface area contributed by atoms with Crippen LogP contribution in [0.4, 0.5) is 5.69 Å². The second-order valence-electron chi connectivity index (χ2n) is 4.55. The number of likely N-dealkylation sites (N-methyl/N-ethyl adjacent to an activating group) is 1. The molecular weight excluding hydrogens is 226 g/mol. The number of pyridine rings is 1. The normalized spacial score (nSPS) is 11.9. The molecule has 0 radical (unpaired) electrons. The fourth-order valence-electron chi connectivity index (χ4n) is 0.920. The maximum Gasteiger partial charge on any atom is 0.232 e. The van der Waals surface area contributed by atoms with Crippen molar-refractivity contribution >= 4 is 17.3 Å². The molecule has 0 spiro atoms. The van der Waals surface area contributed by atoms with Gasteiger partial charge in [-0.2, -0.15) is 0 Å². The van der Waals surface area contributed by atoms with E-state index in [1.165, 1.54) is 6.20 Å². The highest BCUT2D eigenvalue weighted by Crippen LogP contribution is 2.24. The number of nitrogens with zero attached hydrogens (tertiary/aromatic N) is 2. The van der Waals surface area contributed by atoms with Gasteiger partial charge < -0.3 is 15.4 Å². The molecule has 0 amide bonds. The number of anilines is 1. The summed E-state index contributed by atoms with van der Waals surface area (Å²) in [5, 5.41) is 0.439. The summed E-state index contributed by atoms with van der Waals surface area (Å²) in [7, 11) is 4.00. The van der Waals surface area contributed by atoms with Crippen LogP contribution in [0, 0.1) is 0 Å². The van der Waals surface area contributed by atoms with Gasteiger partial charge in [0.1, 0.15) is 11.6 Å². The van der Waals surface area contributed by atoms with Gasteiger partial charge in [-0.15, -0.1) is 0 Å². The lowest BCUT2D eigenvalue weighted by atomic mass is 10.1. The first kappa shape index (κ1) is 13.1. The first-order chi connectivity index (χ1) is 7.33. The smallest absolute Gasteiger partial charge is 0.232 e. The van der Waals surface area contributed by atoms with Gasteiger partial charge in [0.25, 0.3) is 0 Å². The third-order valence-corrected chi connectivity index (χ3v) is 2.87. The number of rotatable bonds is 4. The van der Waals surface area contributed by atoms with E-state index in [4.69, 9.17) is 22.1 Å². The van der Waals surface area contributed by atoms with Gasteiger partial charge in [-0.1, -0.05) is 11.6 Å². The molecule has 0 unspecified atom stereocenters. The Morgan fingerprint density at radius 3 is 2.62 bits per heavy atom. The van der Waals surface area contributed by atoms with Crippen molar-refractivity contribution in [2.24, 2.45) is 0 Å². The van der Waals surface area contributed by atoms with Crippen molar-refractivity contribution in [3.63, 3.8) is 0 Å². The minimum absolute atomic E-state index is 0.0770. The minimum Gasteiger partial charge on any atom is -0.475 e. The molecule has 0 aromatic carbocycles. The number of aromatic nitrogens is 1. The number of halogens is 1. The predicted molar refractivity (Wildman–Crippen MR) is 66.9 cm³/mol. The fraction of sp³-hybridized carbons (Fsp3) is 0.545. The van der Waals surface area contributed by atoms with Crippen LogP contribution >= 0.6 is 11.6 Å². The number of hydrogen-bond acceptors (Lipinski definition) is 4. The second kappa shape index (κ2) is 4.89. The maximum atomic E-state index is 5.96. The molecule has 1 aromatic heterocycles. The average molecular weight is 244 g/mol. The van der Waals surface area contributed by atoms with Gasteiger partial charge in [-0.3, -0.25) is 0 Å². The average Bonchev–Trinajstić information content (AvgIpc) is 2.16. The molecule has 5 heteroatoms. The molecule has 0 fully saturated rings. The van der Waals surface area contributed by atoms with E-state index in [1.807, 2.05) is 14.1 Å².